The lowest BCUT2D eigenvalue weighted by Crippen LogP contribution is -2.11. The van der Waals surface area contributed by atoms with E-state index < -0.39 is 12.8 Å². The first kappa shape index (κ1) is 9.16. The van der Waals surface area contributed by atoms with Crippen molar-refractivity contribution < 1.29 is 9.50 Å². The highest BCUT2D eigenvalue weighted by Crippen LogP contribution is 2.13. The Morgan fingerprint density at radius 3 is 2.83 bits per heavy atom. The maximum Gasteiger partial charge on any atom is 0.115 e. The van der Waals surface area contributed by atoms with E-state index in [0.29, 0.717) is 11.1 Å². The third-order valence-electron chi connectivity index (χ3n) is 1.71. The van der Waals surface area contributed by atoms with Gasteiger partial charge in [-0.3, -0.25) is 0 Å². The Labute approximate surface area is 70.8 Å². The average molecular weight is 169 g/mol. The van der Waals surface area contributed by atoms with Crippen LogP contribution in [0.4, 0.5) is 4.39 Å². The smallest absolute Gasteiger partial charge is 0.115 e. The van der Waals surface area contributed by atoms with Gasteiger partial charge in [0.2, 0.25) is 0 Å². The topological polar surface area (TPSA) is 46.2 Å². The molecule has 1 atom stereocenters. The molecule has 0 amide bonds. The number of alkyl halides is 1. The molecule has 0 aromatic heterocycles. The molecule has 1 rings (SSSR count). The maximum atomic E-state index is 12.2. The van der Waals surface area contributed by atoms with E-state index >= 15 is 0 Å². The summed E-state index contributed by atoms with van der Waals surface area (Å²) < 4.78 is 12.2. The Morgan fingerprint density at radius 2 is 2.25 bits per heavy atom. The number of aliphatic hydroxyl groups excluding tert-OH is 1. The number of hydrogen-bond donors (Lipinski definition) is 2. The molecule has 1 unspecified atom stereocenters. The predicted molar refractivity (Wildman–Crippen MR) is 45.3 cm³/mol. The number of nitrogens with two attached hydrogens (primary N) is 1. The van der Waals surface area contributed by atoms with Crippen molar-refractivity contribution in [3.63, 3.8) is 0 Å². The lowest BCUT2D eigenvalue weighted by atomic mass is 10.1. The molecule has 0 saturated heterocycles. The van der Waals surface area contributed by atoms with Gasteiger partial charge in [-0.1, -0.05) is 24.3 Å². The molecular weight excluding hydrogens is 157 g/mol. The van der Waals surface area contributed by atoms with Crippen molar-refractivity contribution in [3.8, 4) is 0 Å². The number of benzene rings is 1. The second kappa shape index (κ2) is 4.18. The van der Waals surface area contributed by atoms with Crippen LogP contribution in [0.2, 0.25) is 0 Å². The largest absolute Gasteiger partial charge is 0.387 e. The quantitative estimate of drug-likeness (QED) is 0.713. The van der Waals surface area contributed by atoms with Gasteiger partial charge >= 0.3 is 0 Å². The van der Waals surface area contributed by atoms with Crippen LogP contribution in [0.25, 0.3) is 0 Å². The zero-order chi connectivity index (χ0) is 8.97. The van der Waals surface area contributed by atoms with Gasteiger partial charge in [0.05, 0.1) is 6.10 Å². The SMILES string of the molecule is NCC(O)c1cccc(CF)c1. The lowest BCUT2D eigenvalue weighted by molar-refractivity contribution is 0.186. The van der Waals surface area contributed by atoms with Crippen LogP contribution in [-0.4, -0.2) is 11.7 Å². The summed E-state index contributed by atoms with van der Waals surface area (Å²) >= 11 is 0. The fourth-order valence-corrected chi connectivity index (χ4v) is 1.02. The highest BCUT2D eigenvalue weighted by Gasteiger charge is 2.04. The zero-order valence-corrected chi connectivity index (χ0v) is 6.70. The molecular formula is C9H12FNO. The minimum absolute atomic E-state index is 0.162. The molecule has 0 aliphatic rings. The predicted octanol–water partition coefficient (Wildman–Crippen LogP) is 1.15. The van der Waals surface area contributed by atoms with Gasteiger partial charge in [0.15, 0.2) is 0 Å². The Kier molecular flexibility index (Phi) is 3.19. The van der Waals surface area contributed by atoms with E-state index in [4.69, 9.17) is 5.73 Å². The van der Waals surface area contributed by atoms with Crippen molar-refractivity contribution in [1.29, 1.82) is 0 Å². The first-order valence-electron chi connectivity index (χ1n) is 3.81. The Morgan fingerprint density at radius 1 is 1.50 bits per heavy atom. The van der Waals surface area contributed by atoms with Crippen LogP contribution < -0.4 is 5.73 Å². The zero-order valence-electron chi connectivity index (χ0n) is 6.70. The molecule has 66 valence electrons. The van der Waals surface area contributed by atoms with E-state index in [0.717, 1.165) is 0 Å². The summed E-state index contributed by atoms with van der Waals surface area (Å²) in [5.41, 5.74) is 6.50. The van der Waals surface area contributed by atoms with Crippen molar-refractivity contribution in [2.45, 2.75) is 12.8 Å². The van der Waals surface area contributed by atoms with Crippen LogP contribution >= 0.6 is 0 Å². The van der Waals surface area contributed by atoms with Crippen molar-refractivity contribution in [2.24, 2.45) is 5.73 Å². The van der Waals surface area contributed by atoms with Crippen LogP contribution in [0.3, 0.4) is 0 Å². The van der Waals surface area contributed by atoms with Crippen LogP contribution in [-0.2, 0) is 6.67 Å². The van der Waals surface area contributed by atoms with Gasteiger partial charge in [-0.25, -0.2) is 4.39 Å². The highest BCUT2D eigenvalue weighted by atomic mass is 19.1. The summed E-state index contributed by atoms with van der Waals surface area (Å²) in [5.74, 6) is 0. The monoisotopic (exact) mass is 169 g/mol. The number of hydrogen-bond acceptors (Lipinski definition) is 2. The molecule has 0 heterocycles. The van der Waals surface area contributed by atoms with Crippen molar-refractivity contribution in [1.82, 2.24) is 0 Å². The number of rotatable bonds is 3. The van der Waals surface area contributed by atoms with Crippen LogP contribution in [0.1, 0.15) is 17.2 Å². The Bertz CT molecular complexity index is 252. The third-order valence-corrected chi connectivity index (χ3v) is 1.71. The molecule has 0 aliphatic heterocycles. The fraction of sp³-hybridized carbons (Fsp3) is 0.333. The maximum absolute atomic E-state index is 12.2. The van der Waals surface area contributed by atoms with Crippen molar-refractivity contribution in [2.75, 3.05) is 6.54 Å². The van der Waals surface area contributed by atoms with Crippen molar-refractivity contribution in [3.05, 3.63) is 35.4 Å². The molecule has 0 aliphatic carbocycles. The second-order valence-electron chi connectivity index (χ2n) is 2.63. The minimum Gasteiger partial charge on any atom is -0.387 e. The van der Waals surface area contributed by atoms with E-state index in [2.05, 4.69) is 0 Å². The van der Waals surface area contributed by atoms with Gasteiger partial charge in [-0.15, -0.1) is 0 Å². The molecule has 12 heavy (non-hydrogen) atoms. The molecule has 1 aromatic rings. The minimum atomic E-state index is -0.684. The van der Waals surface area contributed by atoms with Gasteiger partial charge in [0.1, 0.15) is 6.67 Å². The number of aliphatic hydroxyl groups is 1. The molecule has 1 aromatic carbocycles. The van der Waals surface area contributed by atoms with E-state index in [-0.39, 0.29) is 6.54 Å². The van der Waals surface area contributed by atoms with Crippen LogP contribution in [0.15, 0.2) is 24.3 Å². The molecule has 0 fully saturated rings. The number of halogens is 1. The molecule has 0 spiro atoms. The Balaban J connectivity index is 2.86. The molecule has 0 radical (unpaired) electrons. The molecule has 0 bridgehead atoms. The van der Waals surface area contributed by atoms with Crippen molar-refractivity contribution >= 4 is 0 Å². The summed E-state index contributed by atoms with van der Waals surface area (Å²) in [6, 6.07) is 6.74. The standard InChI is InChI=1S/C9H12FNO/c10-5-7-2-1-3-8(4-7)9(12)6-11/h1-4,9,12H,5-6,11H2. The van der Waals surface area contributed by atoms with Gasteiger partial charge in [-0.05, 0) is 11.1 Å². The molecule has 2 nitrogen and oxygen atoms in total. The first-order valence-corrected chi connectivity index (χ1v) is 3.81. The van der Waals surface area contributed by atoms with E-state index in [9.17, 15) is 9.50 Å². The van der Waals surface area contributed by atoms with Crippen LogP contribution in [0, 0.1) is 0 Å². The summed E-state index contributed by atoms with van der Waals surface area (Å²) in [4.78, 5) is 0. The first-order chi connectivity index (χ1) is 5.77. The summed E-state index contributed by atoms with van der Waals surface area (Å²) in [6.45, 7) is -0.346. The van der Waals surface area contributed by atoms with Gasteiger partial charge < -0.3 is 10.8 Å². The fourth-order valence-electron chi connectivity index (χ4n) is 1.02. The average Bonchev–Trinajstić information content (AvgIpc) is 2.17. The van der Waals surface area contributed by atoms with E-state index in [1.807, 2.05) is 0 Å². The van der Waals surface area contributed by atoms with Crippen LogP contribution in [0.5, 0.6) is 0 Å². The Hall–Kier alpha value is -0.930. The normalized spacial score (nSPS) is 12.9. The third kappa shape index (κ3) is 2.03. The van der Waals surface area contributed by atoms with E-state index in [1.54, 1.807) is 24.3 Å². The molecule has 3 N–H and O–H groups in total. The van der Waals surface area contributed by atoms with E-state index in [1.165, 1.54) is 0 Å². The highest BCUT2D eigenvalue weighted by molar-refractivity contribution is 5.24. The van der Waals surface area contributed by atoms with Gasteiger partial charge in [-0.2, -0.15) is 0 Å². The lowest BCUT2D eigenvalue weighted by Gasteiger charge is -2.08. The summed E-state index contributed by atoms with van der Waals surface area (Å²) in [5, 5.41) is 9.30. The summed E-state index contributed by atoms with van der Waals surface area (Å²) in [6.07, 6.45) is -0.684. The molecule has 3 heteroatoms. The van der Waals surface area contributed by atoms with Gasteiger partial charge in [0, 0.05) is 6.54 Å². The second-order valence-corrected chi connectivity index (χ2v) is 2.63. The summed E-state index contributed by atoms with van der Waals surface area (Å²) in [7, 11) is 0. The van der Waals surface area contributed by atoms with Gasteiger partial charge in [0.25, 0.3) is 0 Å². The molecule has 0 saturated carbocycles.